The molecule has 0 spiro atoms. The molecule has 1 aromatic carbocycles. The molecular weight excluding hydrogens is 193 g/mol. The van der Waals surface area contributed by atoms with E-state index in [2.05, 4.69) is 0 Å². The van der Waals surface area contributed by atoms with Gasteiger partial charge in [0, 0.05) is 5.56 Å². The molecule has 0 saturated carbocycles. The van der Waals surface area contributed by atoms with E-state index in [1.165, 1.54) is 0 Å². The largest absolute Gasteiger partial charge is 0.505 e. The topological polar surface area (TPSA) is 44.0 Å². The first kappa shape index (κ1) is 9.82. The molecule has 0 unspecified atom stereocenters. The molecule has 0 amide bonds. The van der Waals surface area contributed by atoms with Gasteiger partial charge < -0.3 is 5.11 Å². The Hall–Kier alpha value is -1.27. The standard InChI is InChI=1S/C9H7ClFNO/c1-5-4-7(11)9(13)6(2-3-12)8(5)10/h4,13H,2H2,1H3. The van der Waals surface area contributed by atoms with Crippen molar-refractivity contribution in [2.75, 3.05) is 0 Å². The van der Waals surface area contributed by atoms with Gasteiger partial charge in [0.1, 0.15) is 0 Å². The van der Waals surface area contributed by atoms with Gasteiger partial charge >= 0.3 is 0 Å². The summed E-state index contributed by atoms with van der Waals surface area (Å²) in [6, 6.07) is 2.95. The first-order valence-electron chi connectivity index (χ1n) is 3.61. The molecule has 4 heteroatoms. The third-order valence-electron chi connectivity index (χ3n) is 1.72. The summed E-state index contributed by atoms with van der Waals surface area (Å²) < 4.78 is 12.9. The fourth-order valence-electron chi connectivity index (χ4n) is 1.05. The van der Waals surface area contributed by atoms with Crippen LogP contribution in [0.1, 0.15) is 11.1 Å². The number of hydrogen-bond donors (Lipinski definition) is 1. The van der Waals surface area contributed by atoms with Gasteiger partial charge in [-0.25, -0.2) is 4.39 Å². The molecule has 0 aliphatic carbocycles. The third kappa shape index (κ3) is 1.73. The van der Waals surface area contributed by atoms with E-state index < -0.39 is 11.6 Å². The predicted molar refractivity (Wildman–Crippen MR) is 47.1 cm³/mol. The van der Waals surface area contributed by atoms with Gasteiger partial charge in [-0.05, 0) is 18.6 Å². The Kier molecular flexibility index (Phi) is 2.74. The molecule has 0 bridgehead atoms. The Balaban J connectivity index is 3.39. The van der Waals surface area contributed by atoms with E-state index in [1.54, 1.807) is 6.92 Å². The van der Waals surface area contributed by atoms with E-state index in [9.17, 15) is 9.50 Å². The summed E-state index contributed by atoms with van der Waals surface area (Å²) >= 11 is 5.77. The number of aromatic hydroxyl groups is 1. The minimum Gasteiger partial charge on any atom is -0.505 e. The maximum absolute atomic E-state index is 12.9. The van der Waals surface area contributed by atoms with E-state index in [1.807, 2.05) is 6.07 Å². The van der Waals surface area contributed by atoms with Gasteiger partial charge in [-0.1, -0.05) is 11.6 Å². The fourth-order valence-corrected chi connectivity index (χ4v) is 1.26. The minimum absolute atomic E-state index is 0.0940. The molecule has 0 aromatic heterocycles. The molecule has 68 valence electrons. The van der Waals surface area contributed by atoms with Crippen LogP contribution >= 0.6 is 11.6 Å². The summed E-state index contributed by atoms with van der Waals surface area (Å²) in [5, 5.41) is 17.9. The summed E-state index contributed by atoms with van der Waals surface area (Å²) in [5.74, 6) is -1.27. The predicted octanol–water partition coefficient (Wildman–Crippen LogP) is 2.56. The Morgan fingerprint density at radius 3 is 2.85 bits per heavy atom. The van der Waals surface area contributed by atoms with Crippen LogP contribution in [-0.2, 0) is 6.42 Å². The first-order chi connectivity index (χ1) is 6.07. The van der Waals surface area contributed by atoms with Crippen LogP contribution in [0.2, 0.25) is 5.02 Å². The van der Waals surface area contributed by atoms with Gasteiger partial charge in [0.25, 0.3) is 0 Å². The van der Waals surface area contributed by atoms with Crippen LogP contribution in [-0.4, -0.2) is 5.11 Å². The van der Waals surface area contributed by atoms with Crippen molar-refractivity contribution in [1.82, 2.24) is 0 Å². The lowest BCUT2D eigenvalue weighted by Gasteiger charge is -2.06. The lowest BCUT2D eigenvalue weighted by Crippen LogP contribution is -1.91. The number of nitrogens with zero attached hydrogens (tertiary/aromatic N) is 1. The van der Waals surface area contributed by atoms with Gasteiger partial charge in [0.15, 0.2) is 11.6 Å². The molecule has 0 saturated heterocycles. The Morgan fingerprint density at radius 2 is 2.31 bits per heavy atom. The second-order valence-electron chi connectivity index (χ2n) is 2.65. The van der Waals surface area contributed by atoms with Crippen molar-refractivity contribution in [3.05, 3.63) is 28.0 Å². The smallest absolute Gasteiger partial charge is 0.165 e. The average Bonchev–Trinajstić information content (AvgIpc) is 2.09. The zero-order valence-corrected chi connectivity index (χ0v) is 7.69. The molecule has 0 aliphatic heterocycles. The number of halogens is 2. The molecule has 0 atom stereocenters. The number of phenols is 1. The highest BCUT2D eigenvalue weighted by Gasteiger charge is 2.13. The van der Waals surface area contributed by atoms with Gasteiger partial charge in [-0.15, -0.1) is 0 Å². The first-order valence-corrected chi connectivity index (χ1v) is 3.99. The van der Waals surface area contributed by atoms with Crippen LogP contribution in [0.25, 0.3) is 0 Å². The molecule has 0 heterocycles. The molecule has 13 heavy (non-hydrogen) atoms. The lowest BCUT2D eigenvalue weighted by molar-refractivity contribution is 0.427. The normalized spacial score (nSPS) is 9.69. The Bertz CT molecular complexity index is 358. The molecule has 0 fully saturated rings. The molecule has 1 rings (SSSR count). The van der Waals surface area contributed by atoms with Crippen LogP contribution in [0.15, 0.2) is 6.07 Å². The summed E-state index contributed by atoms with van der Waals surface area (Å²) in [4.78, 5) is 0. The quantitative estimate of drug-likeness (QED) is 0.756. The highest BCUT2D eigenvalue weighted by molar-refractivity contribution is 6.32. The number of benzene rings is 1. The molecule has 0 radical (unpaired) electrons. The SMILES string of the molecule is Cc1cc(F)c(O)c(CC#N)c1Cl. The molecule has 1 aromatic rings. The average molecular weight is 200 g/mol. The Labute approximate surface area is 80.2 Å². The zero-order valence-electron chi connectivity index (χ0n) is 6.93. The molecular formula is C9H7ClFNO. The zero-order chi connectivity index (χ0) is 10.0. The summed E-state index contributed by atoms with van der Waals surface area (Å²) in [6.07, 6.45) is -0.0940. The van der Waals surface area contributed by atoms with E-state index in [4.69, 9.17) is 16.9 Å². The van der Waals surface area contributed by atoms with Crippen LogP contribution < -0.4 is 0 Å². The van der Waals surface area contributed by atoms with E-state index in [0.29, 0.717) is 5.56 Å². The van der Waals surface area contributed by atoms with Crippen molar-refractivity contribution in [3.63, 3.8) is 0 Å². The number of phenolic OH excluding ortho intramolecular Hbond substituents is 1. The number of hydrogen-bond acceptors (Lipinski definition) is 2. The van der Waals surface area contributed by atoms with Crippen LogP contribution in [0.4, 0.5) is 4.39 Å². The van der Waals surface area contributed by atoms with Crippen molar-refractivity contribution in [3.8, 4) is 11.8 Å². The highest BCUT2D eigenvalue weighted by Crippen LogP contribution is 2.31. The number of aryl methyl sites for hydroxylation is 1. The second-order valence-corrected chi connectivity index (χ2v) is 3.03. The lowest BCUT2D eigenvalue weighted by atomic mass is 10.1. The van der Waals surface area contributed by atoms with Crippen LogP contribution in [0, 0.1) is 24.1 Å². The number of rotatable bonds is 1. The fraction of sp³-hybridized carbons (Fsp3) is 0.222. The van der Waals surface area contributed by atoms with Crippen LogP contribution in [0.3, 0.4) is 0 Å². The summed E-state index contributed by atoms with van der Waals surface area (Å²) in [6.45, 7) is 1.62. The van der Waals surface area contributed by atoms with Crippen LogP contribution in [0.5, 0.6) is 5.75 Å². The van der Waals surface area contributed by atoms with Crippen molar-refractivity contribution >= 4 is 11.6 Å². The van der Waals surface area contributed by atoms with Crippen molar-refractivity contribution in [1.29, 1.82) is 5.26 Å². The second kappa shape index (κ2) is 3.63. The maximum atomic E-state index is 12.9. The van der Waals surface area contributed by atoms with Gasteiger partial charge in [-0.3, -0.25) is 0 Å². The van der Waals surface area contributed by atoms with Crippen molar-refractivity contribution in [2.45, 2.75) is 13.3 Å². The van der Waals surface area contributed by atoms with E-state index >= 15 is 0 Å². The highest BCUT2D eigenvalue weighted by atomic mass is 35.5. The van der Waals surface area contributed by atoms with Gasteiger partial charge in [0.05, 0.1) is 17.5 Å². The third-order valence-corrected chi connectivity index (χ3v) is 2.25. The van der Waals surface area contributed by atoms with E-state index in [0.717, 1.165) is 6.07 Å². The molecule has 2 nitrogen and oxygen atoms in total. The monoisotopic (exact) mass is 199 g/mol. The summed E-state index contributed by atoms with van der Waals surface area (Å²) in [5.41, 5.74) is 0.670. The van der Waals surface area contributed by atoms with Gasteiger partial charge in [0.2, 0.25) is 0 Å². The summed E-state index contributed by atoms with van der Waals surface area (Å²) in [7, 11) is 0. The Morgan fingerprint density at radius 1 is 1.69 bits per heavy atom. The molecule has 0 aliphatic rings. The van der Waals surface area contributed by atoms with E-state index in [-0.39, 0.29) is 17.0 Å². The van der Waals surface area contributed by atoms with Crippen molar-refractivity contribution in [2.24, 2.45) is 0 Å². The number of nitriles is 1. The van der Waals surface area contributed by atoms with Crippen molar-refractivity contribution < 1.29 is 9.50 Å². The minimum atomic E-state index is -0.743. The van der Waals surface area contributed by atoms with Gasteiger partial charge in [-0.2, -0.15) is 5.26 Å². The maximum Gasteiger partial charge on any atom is 0.165 e. The molecule has 1 N–H and O–H groups in total.